The number of nitrogens with one attached hydrogen (secondary N) is 1. The van der Waals surface area contributed by atoms with E-state index in [1.807, 2.05) is 0 Å². The van der Waals surface area contributed by atoms with Gasteiger partial charge in [-0.05, 0) is 12.8 Å². The van der Waals surface area contributed by atoms with Crippen molar-refractivity contribution in [3.8, 4) is 0 Å². The van der Waals surface area contributed by atoms with Crippen LogP contribution in [0.2, 0.25) is 0 Å². The summed E-state index contributed by atoms with van der Waals surface area (Å²) in [6.07, 6.45) is 8.17. The van der Waals surface area contributed by atoms with Gasteiger partial charge in [0.05, 0.1) is 19.2 Å². The topological polar surface area (TPSA) is 52.0 Å². The van der Waals surface area contributed by atoms with Crippen LogP contribution in [-0.2, 0) is 11.3 Å². The molecule has 1 fully saturated rings. The maximum atomic E-state index is 5.00. The number of nitrogens with zero attached hydrogens (tertiary/aromatic N) is 3. The second-order valence-corrected chi connectivity index (χ2v) is 4.58. The van der Waals surface area contributed by atoms with Gasteiger partial charge in [0.2, 0.25) is 0 Å². The van der Waals surface area contributed by atoms with Gasteiger partial charge in [-0.15, -0.1) is 0 Å². The quantitative estimate of drug-likeness (QED) is 0.763. The molecule has 96 valence electrons. The lowest BCUT2D eigenvalue weighted by molar-refractivity contribution is 0.198. The van der Waals surface area contributed by atoms with E-state index in [1.165, 1.54) is 32.1 Å². The van der Waals surface area contributed by atoms with Crippen LogP contribution >= 0.6 is 0 Å². The zero-order chi connectivity index (χ0) is 11.9. The van der Waals surface area contributed by atoms with Crippen molar-refractivity contribution in [2.45, 2.75) is 44.7 Å². The van der Waals surface area contributed by atoms with Gasteiger partial charge in [-0.3, -0.25) is 0 Å². The summed E-state index contributed by atoms with van der Waals surface area (Å²) in [6.45, 7) is 2.37. The molecule has 0 radical (unpaired) electrons. The summed E-state index contributed by atoms with van der Waals surface area (Å²) >= 11 is 0. The van der Waals surface area contributed by atoms with E-state index in [2.05, 4.69) is 20.1 Å². The third-order valence-electron chi connectivity index (χ3n) is 3.33. The van der Waals surface area contributed by atoms with E-state index in [0.29, 0.717) is 6.04 Å². The third kappa shape index (κ3) is 3.51. The first-order valence-corrected chi connectivity index (χ1v) is 6.50. The molecule has 0 spiro atoms. The first kappa shape index (κ1) is 12.5. The summed E-state index contributed by atoms with van der Waals surface area (Å²) < 4.78 is 7.11. The molecule has 5 nitrogen and oxygen atoms in total. The van der Waals surface area contributed by atoms with E-state index in [9.17, 15) is 0 Å². The fourth-order valence-corrected chi connectivity index (χ4v) is 2.41. The van der Waals surface area contributed by atoms with Crippen molar-refractivity contribution < 1.29 is 4.74 Å². The van der Waals surface area contributed by atoms with Gasteiger partial charge in [0.15, 0.2) is 0 Å². The SMILES string of the molecule is COCCNCc1ncnn1C1CCCCC1. The van der Waals surface area contributed by atoms with Crippen LogP contribution in [0.3, 0.4) is 0 Å². The summed E-state index contributed by atoms with van der Waals surface area (Å²) in [4.78, 5) is 4.34. The molecule has 1 saturated carbocycles. The van der Waals surface area contributed by atoms with E-state index in [-0.39, 0.29) is 0 Å². The molecule has 1 aromatic rings. The lowest BCUT2D eigenvalue weighted by atomic mass is 9.95. The normalized spacial score (nSPS) is 17.5. The lowest BCUT2D eigenvalue weighted by Crippen LogP contribution is -2.24. The number of rotatable bonds is 6. The fourth-order valence-electron chi connectivity index (χ4n) is 2.41. The Morgan fingerprint density at radius 2 is 2.24 bits per heavy atom. The zero-order valence-corrected chi connectivity index (χ0v) is 10.6. The Kier molecular flexibility index (Phi) is 4.94. The van der Waals surface area contributed by atoms with Crippen molar-refractivity contribution >= 4 is 0 Å². The van der Waals surface area contributed by atoms with E-state index >= 15 is 0 Å². The van der Waals surface area contributed by atoms with Crippen molar-refractivity contribution in [2.24, 2.45) is 0 Å². The van der Waals surface area contributed by atoms with Crippen LogP contribution in [0.25, 0.3) is 0 Å². The largest absolute Gasteiger partial charge is 0.383 e. The highest BCUT2D eigenvalue weighted by Crippen LogP contribution is 2.27. The van der Waals surface area contributed by atoms with Gasteiger partial charge in [-0.2, -0.15) is 5.10 Å². The summed E-state index contributed by atoms with van der Waals surface area (Å²) in [5.41, 5.74) is 0. The first-order chi connectivity index (χ1) is 8.42. The highest BCUT2D eigenvalue weighted by Gasteiger charge is 2.18. The summed E-state index contributed by atoms with van der Waals surface area (Å²) in [5, 5.41) is 7.69. The van der Waals surface area contributed by atoms with Gasteiger partial charge in [0, 0.05) is 13.7 Å². The lowest BCUT2D eigenvalue weighted by Gasteiger charge is -2.23. The molecule has 0 unspecified atom stereocenters. The Hall–Kier alpha value is -0.940. The van der Waals surface area contributed by atoms with Gasteiger partial charge in [-0.1, -0.05) is 19.3 Å². The average Bonchev–Trinajstić information content (AvgIpc) is 2.84. The molecule has 0 aromatic carbocycles. The van der Waals surface area contributed by atoms with E-state index in [4.69, 9.17) is 4.74 Å². The Morgan fingerprint density at radius 1 is 1.41 bits per heavy atom. The molecule has 0 bridgehead atoms. The highest BCUT2D eigenvalue weighted by atomic mass is 16.5. The number of hydrogen-bond acceptors (Lipinski definition) is 4. The predicted molar refractivity (Wildman–Crippen MR) is 65.7 cm³/mol. The van der Waals surface area contributed by atoms with E-state index in [0.717, 1.165) is 25.5 Å². The number of methoxy groups -OCH3 is 1. The first-order valence-electron chi connectivity index (χ1n) is 6.50. The Morgan fingerprint density at radius 3 is 3.00 bits per heavy atom. The van der Waals surface area contributed by atoms with Crippen molar-refractivity contribution in [3.05, 3.63) is 12.2 Å². The minimum Gasteiger partial charge on any atom is -0.383 e. The van der Waals surface area contributed by atoms with E-state index in [1.54, 1.807) is 13.4 Å². The molecule has 1 N–H and O–H groups in total. The van der Waals surface area contributed by atoms with E-state index < -0.39 is 0 Å². The van der Waals surface area contributed by atoms with Crippen molar-refractivity contribution in [3.63, 3.8) is 0 Å². The minimum absolute atomic E-state index is 0.561. The second kappa shape index (κ2) is 6.71. The van der Waals surface area contributed by atoms with Crippen molar-refractivity contribution in [1.29, 1.82) is 0 Å². The molecule has 2 rings (SSSR count). The van der Waals surface area contributed by atoms with Crippen LogP contribution in [0.5, 0.6) is 0 Å². The minimum atomic E-state index is 0.561. The molecule has 1 aliphatic carbocycles. The van der Waals surface area contributed by atoms with Crippen LogP contribution < -0.4 is 5.32 Å². The summed E-state index contributed by atoms with van der Waals surface area (Å²) in [7, 11) is 1.71. The molecule has 1 aromatic heterocycles. The van der Waals surface area contributed by atoms with Crippen molar-refractivity contribution in [2.75, 3.05) is 20.3 Å². The molecule has 0 saturated heterocycles. The molecule has 17 heavy (non-hydrogen) atoms. The molecule has 1 aliphatic rings. The van der Waals surface area contributed by atoms with Crippen LogP contribution in [0.1, 0.15) is 44.0 Å². The predicted octanol–water partition coefficient (Wildman–Crippen LogP) is 1.52. The molecule has 0 amide bonds. The summed E-state index contributed by atoms with van der Waals surface area (Å²) in [5.74, 6) is 1.05. The molecular weight excluding hydrogens is 216 g/mol. The maximum Gasteiger partial charge on any atom is 0.141 e. The van der Waals surface area contributed by atoms with Gasteiger partial charge in [0.1, 0.15) is 12.2 Å². The van der Waals surface area contributed by atoms with Crippen molar-refractivity contribution in [1.82, 2.24) is 20.1 Å². The Labute approximate surface area is 103 Å². The molecular formula is C12H22N4O. The molecule has 5 heteroatoms. The monoisotopic (exact) mass is 238 g/mol. The van der Waals surface area contributed by atoms with Gasteiger partial charge in [-0.25, -0.2) is 9.67 Å². The Balaban J connectivity index is 1.87. The average molecular weight is 238 g/mol. The van der Waals surface area contributed by atoms with Crippen LogP contribution in [0, 0.1) is 0 Å². The number of ether oxygens (including phenoxy) is 1. The van der Waals surface area contributed by atoms with Crippen LogP contribution in [0.15, 0.2) is 6.33 Å². The molecule has 0 aliphatic heterocycles. The van der Waals surface area contributed by atoms with Crippen LogP contribution in [0.4, 0.5) is 0 Å². The fraction of sp³-hybridized carbons (Fsp3) is 0.833. The zero-order valence-electron chi connectivity index (χ0n) is 10.6. The molecule has 1 heterocycles. The summed E-state index contributed by atoms with van der Waals surface area (Å²) in [6, 6.07) is 0.561. The van der Waals surface area contributed by atoms with Gasteiger partial charge in [0.25, 0.3) is 0 Å². The highest BCUT2D eigenvalue weighted by molar-refractivity contribution is 4.88. The maximum absolute atomic E-state index is 5.00. The van der Waals surface area contributed by atoms with Gasteiger partial charge >= 0.3 is 0 Å². The number of hydrogen-bond donors (Lipinski definition) is 1. The third-order valence-corrected chi connectivity index (χ3v) is 3.33. The smallest absolute Gasteiger partial charge is 0.141 e. The number of aromatic nitrogens is 3. The Bertz CT molecular complexity index is 320. The molecule has 0 atom stereocenters. The van der Waals surface area contributed by atoms with Gasteiger partial charge < -0.3 is 10.1 Å². The van der Waals surface area contributed by atoms with Crippen LogP contribution in [-0.4, -0.2) is 35.0 Å². The standard InChI is InChI=1S/C12H22N4O/c1-17-8-7-13-9-12-14-10-15-16(12)11-5-3-2-4-6-11/h10-11,13H,2-9H2,1H3. The second-order valence-electron chi connectivity index (χ2n) is 4.58.